The minimum atomic E-state index is -0.474. The zero-order chi connectivity index (χ0) is 18.6. The van der Waals surface area contributed by atoms with Crippen LogP contribution in [-0.2, 0) is 19.7 Å². The van der Waals surface area contributed by atoms with Crippen LogP contribution in [0.5, 0.6) is 17.2 Å². The first-order valence-corrected chi connectivity index (χ1v) is 8.94. The molecule has 0 amide bonds. The third-order valence-corrected chi connectivity index (χ3v) is 4.93. The van der Waals surface area contributed by atoms with Crippen LogP contribution in [0.2, 0.25) is 0 Å². The van der Waals surface area contributed by atoms with Crippen LogP contribution in [0.1, 0.15) is 38.2 Å². The van der Waals surface area contributed by atoms with Crippen LogP contribution in [0.4, 0.5) is 0 Å². The van der Waals surface area contributed by atoms with Crippen molar-refractivity contribution in [2.24, 2.45) is 0 Å². The fraction of sp³-hybridized carbons (Fsp3) is 0.500. The molecule has 0 aromatic heterocycles. The Morgan fingerprint density at radius 1 is 1.19 bits per heavy atom. The number of esters is 1. The van der Waals surface area contributed by atoms with Gasteiger partial charge in [-0.25, -0.2) is 4.79 Å². The number of ketones is 1. The number of hydrogen-bond acceptors (Lipinski definition) is 6. The van der Waals surface area contributed by atoms with Crippen molar-refractivity contribution in [3.63, 3.8) is 0 Å². The second-order valence-electron chi connectivity index (χ2n) is 6.45. The van der Waals surface area contributed by atoms with Crippen molar-refractivity contribution in [1.29, 1.82) is 0 Å². The molecule has 0 N–H and O–H groups in total. The summed E-state index contributed by atoms with van der Waals surface area (Å²) in [5, 5.41) is 0. The zero-order valence-corrected chi connectivity index (χ0v) is 15.2. The lowest BCUT2D eigenvalue weighted by Gasteiger charge is -2.37. The molecule has 1 aliphatic heterocycles. The average molecular weight is 360 g/mol. The van der Waals surface area contributed by atoms with Gasteiger partial charge in [0.2, 0.25) is 5.75 Å². The number of fused-ring (bicyclic) bond motifs is 1. The summed E-state index contributed by atoms with van der Waals surface area (Å²) in [6.45, 7) is 3.00. The molecule has 0 atom stereocenters. The highest BCUT2D eigenvalue weighted by molar-refractivity contribution is 5.83. The van der Waals surface area contributed by atoms with E-state index in [-0.39, 0.29) is 11.8 Å². The summed E-state index contributed by atoms with van der Waals surface area (Å²) in [6.07, 6.45) is 5.48. The Bertz CT molecular complexity index is 711. The molecular weight excluding hydrogens is 336 g/mol. The summed E-state index contributed by atoms with van der Waals surface area (Å²) in [7, 11) is 1.59. The molecule has 1 saturated carbocycles. The van der Waals surface area contributed by atoms with E-state index in [0.29, 0.717) is 62.8 Å². The number of benzene rings is 1. The highest BCUT2D eigenvalue weighted by Crippen LogP contribution is 2.50. The summed E-state index contributed by atoms with van der Waals surface area (Å²) in [4.78, 5) is 23.7. The monoisotopic (exact) mass is 360 g/mol. The van der Waals surface area contributed by atoms with Crippen molar-refractivity contribution in [2.75, 3.05) is 26.9 Å². The molecular formula is C20H24O6. The van der Waals surface area contributed by atoms with Gasteiger partial charge in [-0.05, 0) is 25.8 Å². The quantitative estimate of drug-likeness (QED) is 0.594. The lowest BCUT2D eigenvalue weighted by atomic mass is 9.68. The van der Waals surface area contributed by atoms with E-state index in [4.69, 9.17) is 18.9 Å². The smallest absolute Gasteiger partial charge is 0.330 e. The number of Topliss-reactive ketones (excluding diaryl/α,β-unsaturated/α-hetero) is 1. The second-order valence-corrected chi connectivity index (χ2v) is 6.45. The first-order valence-electron chi connectivity index (χ1n) is 8.94. The maximum atomic E-state index is 11.9. The number of ether oxygens (including phenoxy) is 4. The number of methoxy groups -OCH3 is 1. The van der Waals surface area contributed by atoms with Crippen LogP contribution >= 0.6 is 0 Å². The van der Waals surface area contributed by atoms with Gasteiger partial charge in [0.25, 0.3) is 0 Å². The van der Waals surface area contributed by atoms with Crippen LogP contribution < -0.4 is 14.2 Å². The summed E-state index contributed by atoms with van der Waals surface area (Å²) >= 11 is 0. The Hall–Kier alpha value is -2.50. The standard InChI is InChI=1S/C20H24O6/c1-3-24-17(22)8-11-20(9-6-14(21)7-10-20)15-4-5-16(23-2)19-18(15)25-12-13-26-19/h4-5,8,11H,3,6-7,9-10,12-13H2,1-2H3/b11-8+. The van der Waals surface area contributed by atoms with E-state index in [2.05, 4.69) is 0 Å². The van der Waals surface area contributed by atoms with Gasteiger partial charge in [-0.15, -0.1) is 0 Å². The number of rotatable bonds is 5. The van der Waals surface area contributed by atoms with Gasteiger partial charge in [-0.3, -0.25) is 4.79 Å². The Balaban J connectivity index is 2.05. The third kappa shape index (κ3) is 3.54. The predicted octanol–water partition coefficient (Wildman–Crippen LogP) is 2.97. The van der Waals surface area contributed by atoms with Gasteiger partial charge < -0.3 is 18.9 Å². The zero-order valence-electron chi connectivity index (χ0n) is 15.2. The van der Waals surface area contributed by atoms with Crippen molar-refractivity contribution < 1.29 is 28.5 Å². The predicted molar refractivity (Wildman–Crippen MR) is 94.9 cm³/mol. The van der Waals surface area contributed by atoms with Gasteiger partial charge in [-0.1, -0.05) is 12.1 Å². The highest BCUT2D eigenvalue weighted by Gasteiger charge is 2.39. The molecule has 2 aliphatic rings. The molecule has 0 bridgehead atoms. The first kappa shape index (κ1) is 18.3. The van der Waals surface area contributed by atoms with Crippen molar-refractivity contribution in [2.45, 2.75) is 38.0 Å². The molecule has 1 aliphatic carbocycles. The molecule has 1 aromatic carbocycles. The van der Waals surface area contributed by atoms with Crippen molar-refractivity contribution in [1.82, 2.24) is 0 Å². The third-order valence-electron chi connectivity index (χ3n) is 4.93. The molecule has 0 unspecified atom stereocenters. The number of carbonyl (C=O) groups excluding carboxylic acids is 2. The lowest BCUT2D eigenvalue weighted by molar-refractivity contribution is -0.137. The Labute approximate surface area is 153 Å². The fourth-order valence-electron chi connectivity index (χ4n) is 3.58. The topological polar surface area (TPSA) is 71.1 Å². The highest BCUT2D eigenvalue weighted by atomic mass is 16.6. The minimum Gasteiger partial charge on any atom is -0.493 e. The van der Waals surface area contributed by atoms with Gasteiger partial charge in [-0.2, -0.15) is 0 Å². The number of carbonyl (C=O) groups is 2. The van der Waals surface area contributed by atoms with Crippen LogP contribution in [0.3, 0.4) is 0 Å². The Morgan fingerprint density at radius 3 is 2.54 bits per heavy atom. The summed E-state index contributed by atoms with van der Waals surface area (Å²) in [5.41, 5.74) is 0.443. The van der Waals surface area contributed by atoms with E-state index in [1.54, 1.807) is 14.0 Å². The molecule has 1 fully saturated rings. The van der Waals surface area contributed by atoms with Gasteiger partial charge in [0.05, 0.1) is 13.7 Å². The maximum Gasteiger partial charge on any atom is 0.330 e. The molecule has 6 heteroatoms. The van der Waals surface area contributed by atoms with Crippen molar-refractivity contribution >= 4 is 11.8 Å². The minimum absolute atomic E-state index is 0.240. The van der Waals surface area contributed by atoms with Gasteiger partial charge in [0.15, 0.2) is 11.5 Å². The summed E-state index contributed by atoms with van der Waals surface area (Å²) < 4.78 is 22.1. The molecule has 0 radical (unpaired) electrons. The molecule has 1 heterocycles. The fourth-order valence-corrected chi connectivity index (χ4v) is 3.58. The summed E-state index contributed by atoms with van der Waals surface area (Å²) in [6, 6.07) is 3.79. The first-order chi connectivity index (χ1) is 12.6. The molecule has 140 valence electrons. The van der Waals surface area contributed by atoms with Gasteiger partial charge in [0, 0.05) is 29.9 Å². The number of hydrogen-bond donors (Lipinski definition) is 0. The van der Waals surface area contributed by atoms with Crippen LogP contribution in [-0.4, -0.2) is 38.7 Å². The lowest BCUT2D eigenvalue weighted by Crippen LogP contribution is -2.32. The largest absolute Gasteiger partial charge is 0.493 e. The van der Waals surface area contributed by atoms with E-state index in [0.717, 1.165) is 5.56 Å². The van der Waals surface area contributed by atoms with Gasteiger partial charge >= 0.3 is 5.97 Å². The molecule has 6 nitrogen and oxygen atoms in total. The molecule has 1 aromatic rings. The van der Waals surface area contributed by atoms with E-state index in [1.807, 2.05) is 18.2 Å². The summed E-state index contributed by atoms with van der Waals surface area (Å²) in [5.74, 6) is 1.68. The van der Waals surface area contributed by atoms with E-state index in [9.17, 15) is 9.59 Å². The maximum absolute atomic E-state index is 11.9. The van der Waals surface area contributed by atoms with E-state index < -0.39 is 5.41 Å². The van der Waals surface area contributed by atoms with Crippen LogP contribution in [0.15, 0.2) is 24.3 Å². The van der Waals surface area contributed by atoms with Crippen molar-refractivity contribution in [3.05, 3.63) is 29.8 Å². The van der Waals surface area contributed by atoms with E-state index in [1.165, 1.54) is 6.08 Å². The SMILES string of the molecule is CCOC(=O)/C=C/C1(c2ccc(OC)c3c2OCCO3)CCC(=O)CC1. The van der Waals surface area contributed by atoms with Crippen molar-refractivity contribution in [3.8, 4) is 17.2 Å². The molecule has 3 rings (SSSR count). The number of allylic oxidation sites excluding steroid dienone is 1. The molecule has 26 heavy (non-hydrogen) atoms. The van der Waals surface area contributed by atoms with E-state index >= 15 is 0 Å². The Kier molecular flexibility index (Phi) is 5.49. The van der Waals surface area contributed by atoms with Gasteiger partial charge in [0.1, 0.15) is 19.0 Å². The van der Waals surface area contributed by atoms with Crippen LogP contribution in [0, 0.1) is 0 Å². The van der Waals surface area contributed by atoms with Crippen LogP contribution in [0.25, 0.3) is 0 Å². The normalized spacial score (nSPS) is 18.6. The Morgan fingerprint density at radius 2 is 1.88 bits per heavy atom. The second kappa shape index (κ2) is 7.81. The molecule has 0 saturated heterocycles. The molecule has 0 spiro atoms. The average Bonchev–Trinajstić information content (AvgIpc) is 2.67.